The van der Waals surface area contributed by atoms with E-state index in [1.54, 1.807) is 6.92 Å². The number of carbonyl (C=O) groups is 3. The Bertz CT molecular complexity index is 769. The lowest BCUT2D eigenvalue weighted by atomic mass is 9.87. The Morgan fingerprint density at radius 2 is 1.96 bits per heavy atom. The van der Waals surface area contributed by atoms with Crippen LogP contribution in [0.3, 0.4) is 0 Å². The molecule has 0 radical (unpaired) electrons. The van der Waals surface area contributed by atoms with E-state index in [1.165, 1.54) is 12.1 Å². The SMILES string of the molecule is COC(=O)CNC(=O)[C@@]1(C)C[C@H](c2ccccc2)N2[C@H](C(C)C)[C@@H](N)C(=O)N21. The van der Waals surface area contributed by atoms with Crippen molar-refractivity contribution in [2.45, 2.75) is 50.9 Å². The van der Waals surface area contributed by atoms with Crippen molar-refractivity contribution in [3.63, 3.8) is 0 Å². The standard InChI is InChI=1S/C20H28N4O4/c1-12(2)17-16(21)18(26)24-20(3,19(27)22-11-15(25)28-4)10-14(23(17)24)13-8-6-5-7-9-13/h5-9,12,14,16-17H,10-11,21H2,1-4H3,(H,22,27)/t14-,16-,17-,20-/m1/s1. The normalized spacial score (nSPS) is 29.9. The highest BCUT2D eigenvalue weighted by Gasteiger charge is 2.63. The van der Waals surface area contributed by atoms with Gasteiger partial charge >= 0.3 is 5.97 Å². The van der Waals surface area contributed by atoms with Crippen molar-refractivity contribution in [3.8, 4) is 0 Å². The highest BCUT2D eigenvalue weighted by atomic mass is 16.5. The van der Waals surface area contributed by atoms with Crippen LogP contribution in [0.25, 0.3) is 0 Å². The zero-order chi connectivity index (χ0) is 20.6. The summed E-state index contributed by atoms with van der Waals surface area (Å²) in [6.45, 7) is 5.53. The van der Waals surface area contributed by atoms with Gasteiger partial charge in [0.1, 0.15) is 18.1 Å². The van der Waals surface area contributed by atoms with E-state index in [9.17, 15) is 14.4 Å². The quantitative estimate of drug-likeness (QED) is 0.716. The second-order valence-electron chi connectivity index (χ2n) is 7.95. The van der Waals surface area contributed by atoms with Crippen molar-refractivity contribution >= 4 is 17.8 Å². The molecule has 2 aliphatic rings. The number of nitrogens with one attached hydrogen (secondary N) is 1. The average Bonchev–Trinajstić information content (AvgIpc) is 3.13. The molecule has 0 aliphatic carbocycles. The van der Waals surface area contributed by atoms with Crippen LogP contribution in [0.1, 0.15) is 38.8 Å². The maximum atomic E-state index is 13.1. The van der Waals surface area contributed by atoms with Crippen molar-refractivity contribution in [2.24, 2.45) is 11.7 Å². The van der Waals surface area contributed by atoms with Crippen LogP contribution in [0.2, 0.25) is 0 Å². The lowest BCUT2D eigenvalue weighted by Crippen LogP contribution is -2.57. The van der Waals surface area contributed by atoms with Crippen molar-refractivity contribution in [2.75, 3.05) is 13.7 Å². The van der Waals surface area contributed by atoms with E-state index in [0.29, 0.717) is 6.42 Å². The molecule has 28 heavy (non-hydrogen) atoms. The fraction of sp³-hybridized carbons (Fsp3) is 0.550. The molecule has 4 atom stereocenters. The minimum Gasteiger partial charge on any atom is -0.468 e. The number of fused-ring (bicyclic) bond motifs is 1. The summed E-state index contributed by atoms with van der Waals surface area (Å²) < 4.78 is 4.60. The summed E-state index contributed by atoms with van der Waals surface area (Å²) >= 11 is 0. The summed E-state index contributed by atoms with van der Waals surface area (Å²) in [7, 11) is 1.26. The molecule has 2 amide bonds. The minimum atomic E-state index is -1.15. The van der Waals surface area contributed by atoms with Crippen LogP contribution >= 0.6 is 0 Å². The number of nitrogens with zero attached hydrogens (tertiary/aromatic N) is 2. The molecular formula is C20H28N4O4. The molecule has 152 valence electrons. The monoisotopic (exact) mass is 388 g/mol. The number of ether oxygens (including phenoxy) is 1. The second kappa shape index (κ2) is 7.52. The molecule has 0 bridgehead atoms. The summed E-state index contributed by atoms with van der Waals surface area (Å²) in [5, 5.41) is 6.10. The van der Waals surface area contributed by atoms with Crippen molar-refractivity contribution in [1.29, 1.82) is 0 Å². The van der Waals surface area contributed by atoms with E-state index >= 15 is 0 Å². The number of methoxy groups -OCH3 is 1. The average molecular weight is 388 g/mol. The summed E-state index contributed by atoms with van der Waals surface area (Å²) in [5.41, 5.74) is 6.15. The van der Waals surface area contributed by atoms with Crippen LogP contribution in [0, 0.1) is 5.92 Å². The first-order valence-electron chi connectivity index (χ1n) is 9.50. The van der Waals surface area contributed by atoms with Gasteiger partial charge in [-0.3, -0.25) is 19.4 Å². The van der Waals surface area contributed by atoms with Crippen LogP contribution < -0.4 is 11.1 Å². The Hall–Kier alpha value is -2.45. The summed E-state index contributed by atoms with van der Waals surface area (Å²) in [6.07, 6.45) is 0.408. The first-order valence-corrected chi connectivity index (χ1v) is 9.50. The Balaban J connectivity index is 2.00. The third kappa shape index (κ3) is 3.16. The number of carbonyl (C=O) groups excluding carboxylic acids is 3. The molecular weight excluding hydrogens is 360 g/mol. The lowest BCUT2D eigenvalue weighted by Gasteiger charge is -2.36. The van der Waals surface area contributed by atoms with Crippen LogP contribution in [-0.2, 0) is 19.1 Å². The zero-order valence-corrected chi connectivity index (χ0v) is 16.7. The molecule has 3 N–H and O–H groups in total. The number of benzene rings is 1. The Kier molecular flexibility index (Phi) is 5.45. The predicted molar refractivity (Wildman–Crippen MR) is 103 cm³/mol. The van der Waals surface area contributed by atoms with Crippen molar-refractivity contribution < 1.29 is 19.1 Å². The van der Waals surface area contributed by atoms with Gasteiger partial charge in [-0.2, -0.15) is 0 Å². The van der Waals surface area contributed by atoms with E-state index < -0.39 is 23.5 Å². The first-order chi connectivity index (χ1) is 13.2. The van der Waals surface area contributed by atoms with Crippen LogP contribution in [0.15, 0.2) is 30.3 Å². The Labute approximate surface area is 165 Å². The lowest BCUT2D eigenvalue weighted by molar-refractivity contribution is -0.155. The van der Waals surface area contributed by atoms with Gasteiger partial charge < -0.3 is 15.8 Å². The van der Waals surface area contributed by atoms with Gasteiger partial charge in [-0.1, -0.05) is 44.2 Å². The zero-order valence-electron chi connectivity index (χ0n) is 16.7. The summed E-state index contributed by atoms with van der Waals surface area (Å²) in [5.74, 6) is -1.09. The number of amides is 2. The highest BCUT2D eigenvalue weighted by molar-refractivity contribution is 5.95. The van der Waals surface area contributed by atoms with Gasteiger partial charge in [-0.25, -0.2) is 5.01 Å². The van der Waals surface area contributed by atoms with Gasteiger partial charge in [0.2, 0.25) is 5.91 Å². The van der Waals surface area contributed by atoms with E-state index in [-0.39, 0.29) is 30.5 Å². The smallest absolute Gasteiger partial charge is 0.325 e. The van der Waals surface area contributed by atoms with Crippen LogP contribution in [0.4, 0.5) is 0 Å². The molecule has 0 spiro atoms. The molecule has 8 nitrogen and oxygen atoms in total. The molecule has 3 rings (SSSR count). The predicted octanol–water partition coefficient (Wildman–Crippen LogP) is 0.590. The molecule has 0 aromatic heterocycles. The van der Waals surface area contributed by atoms with E-state index in [0.717, 1.165) is 5.56 Å². The van der Waals surface area contributed by atoms with Crippen molar-refractivity contribution in [1.82, 2.24) is 15.3 Å². The number of nitrogens with two attached hydrogens (primary N) is 1. The fourth-order valence-electron chi connectivity index (χ4n) is 4.37. The van der Waals surface area contributed by atoms with Crippen LogP contribution in [-0.4, -0.2) is 59.1 Å². The minimum absolute atomic E-state index is 0.121. The molecule has 2 heterocycles. The molecule has 2 aliphatic heterocycles. The third-order valence-corrected chi connectivity index (χ3v) is 5.75. The summed E-state index contributed by atoms with van der Waals surface area (Å²) in [6, 6.07) is 8.70. The Morgan fingerprint density at radius 3 is 2.54 bits per heavy atom. The Morgan fingerprint density at radius 1 is 1.32 bits per heavy atom. The van der Waals surface area contributed by atoms with E-state index in [2.05, 4.69) is 10.1 Å². The molecule has 1 aromatic rings. The van der Waals surface area contributed by atoms with Gasteiger partial charge in [0.05, 0.1) is 19.2 Å². The molecule has 2 saturated heterocycles. The fourth-order valence-corrected chi connectivity index (χ4v) is 4.37. The van der Waals surface area contributed by atoms with E-state index in [1.807, 2.05) is 49.2 Å². The molecule has 2 fully saturated rings. The molecule has 0 unspecified atom stereocenters. The molecule has 0 saturated carbocycles. The second-order valence-corrected chi connectivity index (χ2v) is 7.95. The molecule has 8 heteroatoms. The first kappa shape index (κ1) is 20.3. The number of hydrazine groups is 1. The maximum absolute atomic E-state index is 13.1. The number of hydrogen-bond donors (Lipinski definition) is 2. The van der Waals surface area contributed by atoms with Gasteiger partial charge in [0.15, 0.2) is 0 Å². The maximum Gasteiger partial charge on any atom is 0.325 e. The highest BCUT2D eigenvalue weighted by Crippen LogP contribution is 2.49. The summed E-state index contributed by atoms with van der Waals surface area (Å²) in [4.78, 5) is 37.6. The van der Waals surface area contributed by atoms with Gasteiger partial charge in [0, 0.05) is 6.42 Å². The number of hydrogen-bond acceptors (Lipinski definition) is 6. The topological polar surface area (TPSA) is 105 Å². The number of rotatable bonds is 5. The van der Waals surface area contributed by atoms with Gasteiger partial charge in [0.25, 0.3) is 5.91 Å². The van der Waals surface area contributed by atoms with E-state index in [4.69, 9.17) is 5.73 Å². The molecule has 1 aromatic carbocycles. The largest absolute Gasteiger partial charge is 0.468 e. The van der Waals surface area contributed by atoms with Crippen LogP contribution in [0.5, 0.6) is 0 Å². The third-order valence-electron chi connectivity index (χ3n) is 5.75. The van der Waals surface area contributed by atoms with Gasteiger partial charge in [-0.05, 0) is 18.4 Å². The van der Waals surface area contributed by atoms with Gasteiger partial charge in [-0.15, -0.1) is 0 Å². The van der Waals surface area contributed by atoms with Crippen molar-refractivity contribution in [3.05, 3.63) is 35.9 Å². The number of esters is 1.